The summed E-state index contributed by atoms with van der Waals surface area (Å²) >= 11 is 0. The molecular weight excluding hydrogens is 272 g/mol. The zero-order chi connectivity index (χ0) is 16.1. The Hall–Kier alpha value is -0.980. The van der Waals surface area contributed by atoms with Gasteiger partial charge >= 0.3 is 0 Å². The Bertz CT molecular complexity index is 303. The number of hydrogen-bond donors (Lipinski definition) is 1. The maximum atomic E-state index is 11.6. The number of carbonyl (C=O) groups is 2. The number of nitrogens with one attached hydrogen (secondary N) is 1. The number of ether oxygens (including phenoxy) is 2. The van der Waals surface area contributed by atoms with Gasteiger partial charge in [0.25, 0.3) is 0 Å². The first-order valence-corrected chi connectivity index (χ1v) is 7.87. The molecule has 1 atom stereocenters. The molecule has 6 nitrogen and oxygen atoms in total. The lowest BCUT2D eigenvalue weighted by atomic mass is 10.1. The van der Waals surface area contributed by atoms with Crippen LogP contribution in [0.1, 0.15) is 35.5 Å². The molecule has 1 unspecified atom stereocenters. The van der Waals surface area contributed by atoms with E-state index in [4.69, 9.17) is 9.47 Å². The molecule has 0 saturated carbocycles. The molecule has 21 heavy (non-hydrogen) atoms. The number of rotatable bonds is 10. The Morgan fingerprint density at radius 2 is 1.81 bits per heavy atom. The summed E-state index contributed by atoms with van der Waals surface area (Å²) in [6.07, 6.45) is 0.326. The van der Waals surface area contributed by atoms with Crippen molar-refractivity contribution in [1.29, 1.82) is 0 Å². The Morgan fingerprint density at radius 3 is 2.33 bits per heavy atom. The highest BCUT2D eigenvalue weighted by Crippen LogP contribution is 2.17. The van der Waals surface area contributed by atoms with E-state index in [0.717, 1.165) is 13.1 Å². The molecule has 126 valence electrons. The first-order valence-electron chi connectivity index (χ1n) is 7.87. The predicted octanol–water partition coefficient (Wildman–Crippen LogP) is 1.30. The second kappa shape index (κ2) is 12.7. The third kappa shape index (κ3) is 8.14. The minimum absolute atomic E-state index is 0. The van der Waals surface area contributed by atoms with Gasteiger partial charge in [0.2, 0.25) is 11.8 Å². The minimum Gasteiger partial charge on any atom is -0.378 e. The molecule has 0 aromatic rings. The van der Waals surface area contributed by atoms with Crippen LogP contribution in [0.2, 0.25) is 0 Å². The molecule has 2 amide bonds. The normalized spacial score (nSPS) is 17.9. The van der Waals surface area contributed by atoms with Gasteiger partial charge in [-0.05, 0) is 6.54 Å². The van der Waals surface area contributed by atoms with E-state index in [1.54, 1.807) is 6.92 Å². The van der Waals surface area contributed by atoms with Crippen molar-refractivity contribution in [2.45, 2.75) is 34.1 Å². The van der Waals surface area contributed by atoms with Gasteiger partial charge < -0.3 is 14.8 Å². The molecule has 1 heterocycles. The topological polar surface area (TPSA) is 67.9 Å². The SMILES string of the molecule is CC.CCNCCOCCOCCN1C(=O)CC(C)C1=O.[HH]. The van der Waals surface area contributed by atoms with Gasteiger partial charge in [-0.3, -0.25) is 14.5 Å². The molecule has 1 fully saturated rings. The molecule has 1 rings (SSSR count). The maximum Gasteiger partial charge on any atom is 0.232 e. The summed E-state index contributed by atoms with van der Waals surface area (Å²) in [5, 5.41) is 3.15. The van der Waals surface area contributed by atoms with Crippen LogP contribution in [0.5, 0.6) is 0 Å². The zero-order valence-electron chi connectivity index (χ0n) is 13.8. The van der Waals surface area contributed by atoms with E-state index in [0.29, 0.717) is 39.4 Å². The van der Waals surface area contributed by atoms with Gasteiger partial charge in [0.15, 0.2) is 0 Å². The Labute approximate surface area is 129 Å². The van der Waals surface area contributed by atoms with E-state index < -0.39 is 0 Å². The van der Waals surface area contributed by atoms with Crippen molar-refractivity contribution < 1.29 is 20.5 Å². The summed E-state index contributed by atoms with van der Waals surface area (Å²) < 4.78 is 10.7. The van der Waals surface area contributed by atoms with Crippen LogP contribution in [-0.2, 0) is 19.1 Å². The van der Waals surface area contributed by atoms with Crippen molar-refractivity contribution in [2.24, 2.45) is 5.92 Å². The second-order valence-corrected chi connectivity index (χ2v) is 4.57. The number of likely N-dealkylation sites (tertiary alicyclic amines) is 1. The third-order valence-electron chi connectivity index (χ3n) is 2.97. The van der Waals surface area contributed by atoms with Gasteiger partial charge in [-0.2, -0.15) is 0 Å². The largest absolute Gasteiger partial charge is 0.378 e. The first-order chi connectivity index (χ1) is 10.2. The molecule has 0 spiro atoms. The van der Waals surface area contributed by atoms with E-state index >= 15 is 0 Å². The number of hydrogen-bond acceptors (Lipinski definition) is 5. The van der Waals surface area contributed by atoms with Crippen LogP contribution < -0.4 is 5.32 Å². The van der Waals surface area contributed by atoms with E-state index in [1.165, 1.54) is 4.90 Å². The molecule has 0 radical (unpaired) electrons. The number of amides is 2. The molecule has 6 heteroatoms. The lowest BCUT2D eigenvalue weighted by Gasteiger charge is -2.14. The van der Waals surface area contributed by atoms with Gasteiger partial charge in [0.1, 0.15) is 0 Å². The fourth-order valence-corrected chi connectivity index (χ4v) is 1.88. The molecule has 0 aromatic heterocycles. The lowest BCUT2D eigenvalue weighted by molar-refractivity contribution is -0.140. The van der Waals surface area contributed by atoms with Crippen molar-refractivity contribution in [3.8, 4) is 0 Å². The summed E-state index contributed by atoms with van der Waals surface area (Å²) in [6, 6.07) is 0. The van der Waals surface area contributed by atoms with E-state index in [-0.39, 0.29) is 19.2 Å². The van der Waals surface area contributed by atoms with Crippen molar-refractivity contribution in [2.75, 3.05) is 46.1 Å². The molecule has 1 N–H and O–H groups in total. The highest BCUT2D eigenvalue weighted by atomic mass is 16.5. The summed E-state index contributed by atoms with van der Waals surface area (Å²) in [4.78, 5) is 24.4. The Kier molecular flexibility index (Phi) is 12.1. The molecule has 1 saturated heterocycles. The van der Waals surface area contributed by atoms with Crippen LogP contribution in [0.15, 0.2) is 0 Å². The van der Waals surface area contributed by atoms with Gasteiger partial charge in [-0.25, -0.2) is 0 Å². The van der Waals surface area contributed by atoms with E-state index in [1.807, 2.05) is 20.8 Å². The molecule has 0 bridgehead atoms. The number of carbonyl (C=O) groups excluding carboxylic acids is 2. The summed E-state index contributed by atoms with van der Waals surface area (Å²) in [5.74, 6) is -0.361. The molecule has 0 aromatic carbocycles. The maximum absolute atomic E-state index is 11.6. The predicted molar refractivity (Wildman–Crippen MR) is 84.1 cm³/mol. The smallest absolute Gasteiger partial charge is 0.232 e. The Balaban J connectivity index is 0. The summed E-state index contributed by atoms with van der Waals surface area (Å²) in [6.45, 7) is 12.0. The first kappa shape index (κ1) is 20.0. The molecule has 0 aliphatic carbocycles. The van der Waals surface area contributed by atoms with E-state index in [2.05, 4.69) is 5.32 Å². The summed E-state index contributed by atoms with van der Waals surface area (Å²) in [5.41, 5.74) is 0. The molecule has 1 aliphatic rings. The fourth-order valence-electron chi connectivity index (χ4n) is 1.88. The van der Waals surface area contributed by atoms with Crippen LogP contribution in [-0.4, -0.2) is 62.8 Å². The highest BCUT2D eigenvalue weighted by Gasteiger charge is 2.34. The molecule has 1 aliphatic heterocycles. The zero-order valence-corrected chi connectivity index (χ0v) is 13.8. The van der Waals surface area contributed by atoms with Gasteiger partial charge in [-0.1, -0.05) is 27.7 Å². The van der Waals surface area contributed by atoms with Crippen LogP contribution in [0.25, 0.3) is 0 Å². The second-order valence-electron chi connectivity index (χ2n) is 4.57. The average Bonchev–Trinajstić information content (AvgIpc) is 2.73. The summed E-state index contributed by atoms with van der Waals surface area (Å²) in [7, 11) is 0. The van der Waals surface area contributed by atoms with Crippen LogP contribution in [0.3, 0.4) is 0 Å². The number of imide groups is 1. The average molecular weight is 304 g/mol. The van der Waals surface area contributed by atoms with Crippen molar-refractivity contribution in [3.05, 3.63) is 0 Å². The minimum atomic E-state index is -0.179. The fraction of sp³-hybridized carbons (Fsp3) is 0.867. The van der Waals surface area contributed by atoms with Gasteiger partial charge in [-0.15, -0.1) is 0 Å². The lowest BCUT2D eigenvalue weighted by Crippen LogP contribution is -2.33. The standard InChI is InChI=1S/C13H24N2O4.C2H6.H2/c1-3-14-4-6-18-8-9-19-7-5-15-12(16)10-11(2)13(15)17;1-2;/h11,14H,3-10H2,1-2H3;1-2H3;1H. The van der Waals surface area contributed by atoms with Crippen molar-refractivity contribution >= 4 is 11.8 Å². The van der Waals surface area contributed by atoms with Gasteiger partial charge in [0, 0.05) is 20.3 Å². The highest BCUT2D eigenvalue weighted by molar-refractivity contribution is 6.03. The number of likely N-dealkylation sites (N-methyl/N-ethyl adjacent to an activating group) is 1. The van der Waals surface area contributed by atoms with Crippen LogP contribution in [0.4, 0.5) is 0 Å². The molecular formula is C15H32N2O4. The monoisotopic (exact) mass is 304 g/mol. The van der Waals surface area contributed by atoms with Crippen LogP contribution >= 0.6 is 0 Å². The third-order valence-corrected chi connectivity index (χ3v) is 2.97. The quantitative estimate of drug-likeness (QED) is 0.487. The van der Waals surface area contributed by atoms with Crippen LogP contribution in [0, 0.1) is 5.92 Å². The van der Waals surface area contributed by atoms with Crippen molar-refractivity contribution in [3.63, 3.8) is 0 Å². The van der Waals surface area contributed by atoms with Gasteiger partial charge in [0.05, 0.1) is 33.0 Å². The van der Waals surface area contributed by atoms with E-state index in [9.17, 15) is 9.59 Å². The Morgan fingerprint density at radius 1 is 1.19 bits per heavy atom. The number of nitrogens with zero attached hydrogens (tertiary/aromatic N) is 1. The van der Waals surface area contributed by atoms with Crippen molar-refractivity contribution in [1.82, 2.24) is 10.2 Å².